The third kappa shape index (κ3) is 3.17. The van der Waals surface area contributed by atoms with Gasteiger partial charge in [-0.05, 0) is 24.1 Å². The Kier molecular flexibility index (Phi) is 4.74. The van der Waals surface area contributed by atoms with Crippen molar-refractivity contribution in [2.24, 2.45) is 0 Å². The second kappa shape index (κ2) is 6.52. The van der Waals surface area contributed by atoms with E-state index in [2.05, 4.69) is 5.32 Å². The minimum absolute atomic E-state index is 0.0424. The van der Waals surface area contributed by atoms with E-state index in [0.29, 0.717) is 6.54 Å². The Labute approximate surface area is 118 Å². The van der Waals surface area contributed by atoms with E-state index in [1.54, 1.807) is 4.90 Å². The zero-order chi connectivity index (χ0) is 14.5. The van der Waals surface area contributed by atoms with Crippen LogP contribution in [0.4, 0.5) is 0 Å². The number of rotatable bonds is 5. The number of nitrogens with one attached hydrogen (secondary N) is 1. The Bertz CT molecular complexity index is 502. The van der Waals surface area contributed by atoms with Crippen molar-refractivity contribution in [1.82, 2.24) is 10.2 Å². The van der Waals surface area contributed by atoms with E-state index >= 15 is 0 Å². The van der Waals surface area contributed by atoms with E-state index in [1.807, 2.05) is 31.2 Å². The standard InChI is InChI=1S/C15H20N2O3/c1-2-7-16-8-14(18)17-9-11-5-3-4-6-12(11)13(10-17)15(19)20/h3-6,13,16H,2,7-10H2,1H3,(H,19,20). The minimum atomic E-state index is -0.878. The van der Waals surface area contributed by atoms with Crippen LogP contribution in [-0.2, 0) is 16.1 Å². The molecule has 1 aromatic rings. The molecule has 5 heteroatoms. The van der Waals surface area contributed by atoms with Gasteiger partial charge >= 0.3 is 5.97 Å². The Balaban J connectivity index is 2.12. The zero-order valence-corrected chi connectivity index (χ0v) is 11.6. The molecule has 2 rings (SSSR count). The van der Waals surface area contributed by atoms with Crippen LogP contribution in [0.15, 0.2) is 24.3 Å². The second-order valence-corrected chi connectivity index (χ2v) is 5.04. The Morgan fingerprint density at radius 3 is 2.85 bits per heavy atom. The molecule has 0 aromatic heterocycles. The first-order chi connectivity index (χ1) is 9.63. The molecule has 108 valence electrons. The zero-order valence-electron chi connectivity index (χ0n) is 11.6. The number of carbonyl (C=O) groups excluding carboxylic acids is 1. The molecule has 0 saturated carbocycles. The average Bonchev–Trinajstić information content (AvgIpc) is 2.46. The number of carboxylic acid groups (broad SMARTS) is 1. The summed E-state index contributed by atoms with van der Waals surface area (Å²) in [5.41, 5.74) is 1.75. The normalized spacial score (nSPS) is 17.6. The molecule has 1 amide bonds. The monoisotopic (exact) mass is 276 g/mol. The maximum Gasteiger partial charge on any atom is 0.312 e. The van der Waals surface area contributed by atoms with Crippen molar-refractivity contribution < 1.29 is 14.7 Å². The van der Waals surface area contributed by atoms with Crippen LogP contribution in [0.5, 0.6) is 0 Å². The molecule has 2 N–H and O–H groups in total. The van der Waals surface area contributed by atoms with Gasteiger partial charge in [-0.25, -0.2) is 0 Å². The van der Waals surface area contributed by atoms with Gasteiger partial charge in [0.2, 0.25) is 5.91 Å². The Hall–Kier alpha value is -1.88. The van der Waals surface area contributed by atoms with Crippen LogP contribution in [0.1, 0.15) is 30.4 Å². The van der Waals surface area contributed by atoms with Crippen molar-refractivity contribution in [3.05, 3.63) is 35.4 Å². The predicted octanol–water partition coefficient (Wildman–Crippen LogP) is 1.20. The van der Waals surface area contributed by atoms with Crippen LogP contribution in [0, 0.1) is 0 Å². The van der Waals surface area contributed by atoms with Crippen molar-refractivity contribution in [3.63, 3.8) is 0 Å². The first-order valence-corrected chi connectivity index (χ1v) is 6.92. The molecule has 5 nitrogen and oxygen atoms in total. The van der Waals surface area contributed by atoms with Gasteiger partial charge in [-0.1, -0.05) is 31.2 Å². The molecular weight excluding hydrogens is 256 g/mol. The van der Waals surface area contributed by atoms with Gasteiger partial charge < -0.3 is 15.3 Å². The maximum absolute atomic E-state index is 12.1. The summed E-state index contributed by atoms with van der Waals surface area (Å²) < 4.78 is 0. The molecule has 0 bridgehead atoms. The third-order valence-electron chi connectivity index (χ3n) is 3.55. The van der Waals surface area contributed by atoms with E-state index in [4.69, 9.17) is 0 Å². The summed E-state index contributed by atoms with van der Waals surface area (Å²) in [5.74, 6) is -1.55. The van der Waals surface area contributed by atoms with Gasteiger partial charge in [0.05, 0.1) is 12.5 Å². The molecule has 1 aliphatic rings. The second-order valence-electron chi connectivity index (χ2n) is 5.04. The summed E-state index contributed by atoms with van der Waals surface area (Å²) in [6.45, 7) is 3.83. The summed E-state index contributed by atoms with van der Waals surface area (Å²) in [4.78, 5) is 25.1. The van der Waals surface area contributed by atoms with E-state index < -0.39 is 11.9 Å². The fourth-order valence-corrected chi connectivity index (χ4v) is 2.49. The van der Waals surface area contributed by atoms with Crippen LogP contribution >= 0.6 is 0 Å². The first-order valence-electron chi connectivity index (χ1n) is 6.92. The van der Waals surface area contributed by atoms with Crippen molar-refractivity contribution in [2.75, 3.05) is 19.6 Å². The van der Waals surface area contributed by atoms with Gasteiger partial charge in [0.1, 0.15) is 0 Å². The highest BCUT2D eigenvalue weighted by Gasteiger charge is 2.31. The molecule has 0 aliphatic carbocycles. The fourth-order valence-electron chi connectivity index (χ4n) is 2.49. The lowest BCUT2D eigenvalue weighted by Crippen LogP contribution is -2.44. The number of aliphatic carboxylic acids is 1. The van der Waals surface area contributed by atoms with Gasteiger partial charge in [-0.2, -0.15) is 0 Å². The summed E-state index contributed by atoms with van der Waals surface area (Å²) in [7, 11) is 0. The molecular formula is C15H20N2O3. The molecule has 1 aromatic carbocycles. The number of benzene rings is 1. The van der Waals surface area contributed by atoms with Gasteiger partial charge in [0.15, 0.2) is 0 Å². The van der Waals surface area contributed by atoms with Crippen LogP contribution in [0.2, 0.25) is 0 Å². The summed E-state index contributed by atoms with van der Waals surface area (Å²) in [6.07, 6.45) is 0.966. The lowest BCUT2D eigenvalue weighted by atomic mass is 9.90. The number of nitrogens with zero attached hydrogens (tertiary/aromatic N) is 1. The van der Waals surface area contributed by atoms with E-state index in [0.717, 1.165) is 24.1 Å². The molecule has 0 spiro atoms. The van der Waals surface area contributed by atoms with Crippen LogP contribution in [-0.4, -0.2) is 41.5 Å². The fraction of sp³-hybridized carbons (Fsp3) is 0.467. The number of carboxylic acids is 1. The maximum atomic E-state index is 12.1. The van der Waals surface area contributed by atoms with Crippen LogP contribution in [0.25, 0.3) is 0 Å². The number of hydrogen-bond acceptors (Lipinski definition) is 3. The molecule has 1 heterocycles. The third-order valence-corrected chi connectivity index (χ3v) is 3.55. The topological polar surface area (TPSA) is 69.6 Å². The molecule has 1 unspecified atom stereocenters. The first kappa shape index (κ1) is 14.5. The SMILES string of the molecule is CCCNCC(=O)N1Cc2ccccc2C(C(=O)O)C1. The van der Waals surface area contributed by atoms with E-state index in [9.17, 15) is 14.7 Å². The van der Waals surface area contributed by atoms with Crippen molar-refractivity contribution >= 4 is 11.9 Å². The summed E-state index contributed by atoms with van der Waals surface area (Å²) in [6, 6.07) is 7.45. The average molecular weight is 276 g/mol. The lowest BCUT2D eigenvalue weighted by Gasteiger charge is -2.33. The van der Waals surface area contributed by atoms with Crippen molar-refractivity contribution in [3.8, 4) is 0 Å². The Morgan fingerprint density at radius 2 is 2.15 bits per heavy atom. The molecule has 0 saturated heterocycles. The minimum Gasteiger partial charge on any atom is -0.481 e. The molecule has 1 atom stereocenters. The summed E-state index contributed by atoms with van der Waals surface area (Å²) in [5, 5.41) is 12.4. The molecule has 20 heavy (non-hydrogen) atoms. The summed E-state index contributed by atoms with van der Waals surface area (Å²) >= 11 is 0. The molecule has 1 aliphatic heterocycles. The highest BCUT2D eigenvalue weighted by Crippen LogP contribution is 2.28. The number of carbonyl (C=O) groups is 2. The smallest absolute Gasteiger partial charge is 0.312 e. The number of amides is 1. The highest BCUT2D eigenvalue weighted by molar-refractivity contribution is 5.82. The highest BCUT2D eigenvalue weighted by atomic mass is 16.4. The molecule has 0 fully saturated rings. The van der Waals surface area contributed by atoms with E-state index in [-0.39, 0.29) is 19.0 Å². The van der Waals surface area contributed by atoms with Crippen molar-refractivity contribution in [1.29, 1.82) is 0 Å². The van der Waals surface area contributed by atoms with Gasteiger partial charge in [-0.3, -0.25) is 9.59 Å². The number of hydrogen-bond donors (Lipinski definition) is 2. The van der Waals surface area contributed by atoms with E-state index in [1.165, 1.54) is 0 Å². The van der Waals surface area contributed by atoms with Crippen molar-refractivity contribution in [2.45, 2.75) is 25.8 Å². The Morgan fingerprint density at radius 1 is 1.40 bits per heavy atom. The number of fused-ring (bicyclic) bond motifs is 1. The largest absolute Gasteiger partial charge is 0.481 e. The lowest BCUT2D eigenvalue weighted by molar-refractivity contribution is -0.141. The van der Waals surface area contributed by atoms with Gasteiger partial charge in [0, 0.05) is 13.1 Å². The molecule has 0 radical (unpaired) electrons. The van der Waals surface area contributed by atoms with Gasteiger partial charge in [-0.15, -0.1) is 0 Å². The predicted molar refractivity (Wildman–Crippen MR) is 75.4 cm³/mol. The van der Waals surface area contributed by atoms with Gasteiger partial charge in [0.25, 0.3) is 0 Å². The van der Waals surface area contributed by atoms with Crippen LogP contribution < -0.4 is 5.32 Å². The van der Waals surface area contributed by atoms with Crippen LogP contribution in [0.3, 0.4) is 0 Å². The quantitative estimate of drug-likeness (QED) is 0.793.